The predicted molar refractivity (Wildman–Crippen MR) is 90.9 cm³/mol. The molecular formula is C20H17NO3. The highest BCUT2D eigenvalue weighted by Gasteiger charge is 2.17. The van der Waals surface area contributed by atoms with Crippen LogP contribution in [-0.4, -0.2) is 24.0 Å². The molecule has 0 spiro atoms. The molecule has 1 aromatic heterocycles. The molecule has 2 heterocycles. The van der Waals surface area contributed by atoms with Crippen LogP contribution in [0.25, 0.3) is 10.8 Å². The Kier molecular flexibility index (Phi) is 4.07. The maximum absolute atomic E-state index is 12.5. The van der Waals surface area contributed by atoms with Gasteiger partial charge in [0.25, 0.3) is 0 Å². The first-order valence-corrected chi connectivity index (χ1v) is 8.03. The maximum atomic E-state index is 12.5. The first-order chi connectivity index (χ1) is 11.8. The maximum Gasteiger partial charge on any atom is 0.194 e. The number of carbonyl (C=O) groups is 1. The van der Waals surface area contributed by atoms with Crippen molar-refractivity contribution < 1.29 is 14.3 Å². The summed E-state index contributed by atoms with van der Waals surface area (Å²) >= 11 is 0. The summed E-state index contributed by atoms with van der Waals surface area (Å²) in [6.45, 7) is 1.45. The Morgan fingerprint density at radius 1 is 0.958 bits per heavy atom. The van der Waals surface area contributed by atoms with Crippen LogP contribution in [0.2, 0.25) is 0 Å². The summed E-state index contributed by atoms with van der Waals surface area (Å²) in [6.07, 6.45) is 3.89. The van der Waals surface area contributed by atoms with Crippen LogP contribution >= 0.6 is 0 Å². The molecule has 3 aromatic rings. The normalized spacial score (nSPS) is 15.5. The second-order valence-electron chi connectivity index (χ2n) is 5.82. The molecule has 0 atom stereocenters. The number of hydrogen-bond acceptors (Lipinski definition) is 4. The Morgan fingerprint density at radius 2 is 1.75 bits per heavy atom. The van der Waals surface area contributed by atoms with Crippen LogP contribution in [0.15, 0.2) is 60.9 Å². The largest absolute Gasteiger partial charge is 0.348 e. The molecule has 0 unspecified atom stereocenters. The lowest BCUT2D eigenvalue weighted by Crippen LogP contribution is -2.17. The van der Waals surface area contributed by atoms with Crippen LogP contribution in [0.4, 0.5) is 0 Å². The van der Waals surface area contributed by atoms with Crippen LogP contribution in [0.1, 0.15) is 34.2 Å². The summed E-state index contributed by atoms with van der Waals surface area (Å²) in [5.74, 6) is -0.0203. The third kappa shape index (κ3) is 2.94. The Bertz CT molecular complexity index is 870. The molecule has 0 N–H and O–H groups in total. The lowest BCUT2D eigenvalue weighted by molar-refractivity contribution is -0.182. The van der Waals surface area contributed by atoms with Crippen LogP contribution in [0.5, 0.6) is 0 Å². The summed E-state index contributed by atoms with van der Waals surface area (Å²) in [5, 5.41) is 2.08. The zero-order valence-corrected chi connectivity index (χ0v) is 13.1. The van der Waals surface area contributed by atoms with Gasteiger partial charge in [-0.3, -0.25) is 9.78 Å². The Hall–Kier alpha value is -2.56. The third-order valence-corrected chi connectivity index (χ3v) is 4.15. The summed E-state index contributed by atoms with van der Waals surface area (Å²) in [4.78, 5) is 16.5. The van der Waals surface area contributed by atoms with Crippen molar-refractivity contribution in [3.8, 4) is 0 Å². The molecule has 0 saturated carbocycles. The highest BCUT2D eigenvalue weighted by molar-refractivity contribution is 6.10. The number of aromatic nitrogens is 1. The van der Waals surface area contributed by atoms with E-state index in [0.29, 0.717) is 11.1 Å². The second-order valence-corrected chi connectivity index (χ2v) is 5.82. The minimum absolute atomic E-state index is 0.0203. The van der Waals surface area contributed by atoms with Crippen molar-refractivity contribution in [2.45, 2.75) is 12.7 Å². The number of rotatable bonds is 3. The lowest BCUT2D eigenvalue weighted by atomic mass is 9.99. The summed E-state index contributed by atoms with van der Waals surface area (Å²) in [5.41, 5.74) is 2.26. The summed E-state index contributed by atoms with van der Waals surface area (Å²) < 4.78 is 11.3. The van der Waals surface area contributed by atoms with E-state index in [-0.39, 0.29) is 12.1 Å². The Morgan fingerprint density at radius 3 is 2.54 bits per heavy atom. The van der Waals surface area contributed by atoms with E-state index in [1.807, 2.05) is 30.3 Å². The van der Waals surface area contributed by atoms with Gasteiger partial charge in [0.05, 0.1) is 13.2 Å². The van der Waals surface area contributed by atoms with Gasteiger partial charge >= 0.3 is 0 Å². The molecule has 1 aliphatic heterocycles. The number of pyridine rings is 1. The van der Waals surface area contributed by atoms with E-state index >= 15 is 0 Å². The molecule has 4 rings (SSSR count). The summed E-state index contributed by atoms with van der Waals surface area (Å²) in [6, 6.07) is 15.3. The molecule has 4 heteroatoms. The molecule has 1 aliphatic rings. The second kappa shape index (κ2) is 6.51. The predicted octanol–water partition coefficient (Wildman–Crippen LogP) is 3.90. The van der Waals surface area contributed by atoms with Crippen molar-refractivity contribution in [2.24, 2.45) is 0 Å². The summed E-state index contributed by atoms with van der Waals surface area (Å²) in [7, 11) is 0. The van der Waals surface area contributed by atoms with Crippen LogP contribution in [0, 0.1) is 0 Å². The minimum Gasteiger partial charge on any atom is -0.348 e. The average molecular weight is 319 g/mol. The number of ether oxygens (including phenoxy) is 2. The smallest absolute Gasteiger partial charge is 0.194 e. The zero-order valence-electron chi connectivity index (χ0n) is 13.1. The van der Waals surface area contributed by atoms with E-state index in [4.69, 9.17) is 9.47 Å². The van der Waals surface area contributed by atoms with Gasteiger partial charge in [0.2, 0.25) is 0 Å². The molecule has 4 nitrogen and oxygen atoms in total. The van der Waals surface area contributed by atoms with Crippen LogP contribution < -0.4 is 0 Å². The van der Waals surface area contributed by atoms with Crippen molar-refractivity contribution in [1.29, 1.82) is 0 Å². The van der Waals surface area contributed by atoms with E-state index in [9.17, 15) is 4.79 Å². The van der Waals surface area contributed by atoms with Crippen molar-refractivity contribution in [3.05, 3.63) is 77.6 Å². The quantitative estimate of drug-likeness (QED) is 0.687. The Labute approximate surface area is 140 Å². The molecule has 0 aliphatic carbocycles. The number of nitrogens with zero attached hydrogens (tertiary/aromatic N) is 1. The monoisotopic (exact) mass is 319 g/mol. The standard InChI is InChI=1S/C20H17NO3/c22-19(18-3-1-8-21-13-18)16-6-4-15-12-17(7-5-14(15)11-16)20-23-9-2-10-24-20/h1,3-8,11-13,20H,2,9-10H2. The number of fused-ring (bicyclic) bond motifs is 1. The average Bonchev–Trinajstić information content (AvgIpc) is 2.68. The van der Waals surface area contributed by atoms with Gasteiger partial charge in [-0.05, 0) is 41.5 Å². The third-order valence-electron chi connectivity index (χ3n) is 4.15. The van der Waals surface area contributed by atoms with E-state index < -0.39 is 0 Å². The van der Waals surface area contributed by atoms with Gasteiger partial charge in [-0.25, -0.2) is 0 Å². The van der Waals surface area contributed by atoms with E-state index in [2.05, 4.69) is 11.1 Å². The fourth-order valence-corrected chi connectivity index (χ4v) is 2.90. The molecule has 2 aromatic carbocycles. The lowest BCUT2D eigenvalue weighted by Gasteiger charge is -2.23. The first-order valence-electron chi connectivity index (χ1n) is 8.03. The topological polar surface area (TPSA) is 48.4 Å². The number of hydrogen-bond donors (Lipinski definition) is 0. The zero-order chi connectivity index (χ0) is 16.4. The van der Waals surface area contributed by atoms with E-state index in [0.717, 1.165) is 36.0 Å². The Balaban J connectivity index is 1.65. The van der Waals surface area contributed by atoms with Crippen molar-refractivity contribution in [2.75, 3.05) is 13.2 Å². The highest BCUT2D eigenvalue weighted by atomic mass is 16.7. The van der Waals surface area contributed by atoms with E-state index in [1.165, 1.54) is 0 Å². The SMILES string of the molecule is O=C(c1cccnc1)c1ccc2cc(C3OCCCO3)ccc2c1. The van der Waals surface area contributed by atoms with Gasteiger partial charge in [0, 0.05) is 29.1 Å². The molecule has 1 fully saturated rings. The van der Waals surface area contributed by atoms with Gasteiger partial charge in [0.1, 0.15) is 0 Å². The fraction of sp³-hybridized carbons (Fsp3) is 0.200. The first kappa shape index (κ1) is 15.0. The van der Waals surface area contributed by atoms with Gasteiger partial charge < -0.3 is 9.47 Å². The molecule has 0 amide bonds. The molecule has 120 valence electrons. The molecular weight excluding hydrogens is 302 g/mol. The molecule has 24 heavy (non-hydrogen) atoms. The van der Waals surface area contributed by atoms with Crippen LogP contribution in [-0.2, 0) is 9.47 Å². The molecule has 0 radical (unpaired) electrons. The van der Waals surface area contributed by atoms with Gasteiger partial charge in [0.15, 0.2) is 12.1 Å². The molecule has 0 bridgehead atoms. The van der Waals surface area contributed by atoms with Crippen molar-refractivity contribution in [3.63, 3.8) is 0 Å². The minimum atomic E-state index is -0.292. The number of benzene rings is 2. The van der Waals surface area contributed by atoms with Crippen molar-refractivity contribution in [1.82, 2.24) is 4.98 Å². The molecule has 1 saturated heterocycles. The van der Waals surface area contributed by atoms with Crippen LogP contribution in [0.3, 0.4) is 0 Å². The van der Waals surface area contributed by atoms with Gasteiger partial charge in [-0.1, -0.05) is 24.3 Å². The number of ketones is 1. The highest BCUT2D eigenvalue weighted by Crippen LogP contribution is 2.27. The fourth-order valence-electron chi connectivity index (χ4n) is 2.90. The van der Waals surface area contributed by atoms with Crippen molar-refractivity contribution >= 4 is 16.6 Å². The van der Waals surface area contributed by atoms with E-state index in [1.54, 1.807) is 24.5 Å². The van der Waals surface area contributed by atoms with Gasteiger partial charge in [-0.15, -0.1) is 0 Å². The number of carbonyl (C=O) groups excluding carboxylic acids is 1. The van der Waals surface area contributed by atoms with Gasteiger partial charge in [-0.2, -0.15) is 0 Å².